The van der Waals surface area contributed by atoms with Crippen molar-refractivity contribution in [2.75, 3.05) is 26.8 Å². The maximum Gasteiger partial charge on any atom is 0.0462 e. The Morgan fingerprint density at radius 3 is 2.33 bits per heavy atom. The third-order valence-corrected chi connectivity index (χ3v) is 1.61. The van der Waals surface area contributed by atoms with Crippen LogP contribution in [0.25, 0.3) is 0 Å². The van der Waals surface area contributed by atoms with Crippen molar-refractivity contribution in [3.63, 3.8) is 0 Å². The first kappa shape index (κ1) is 11.9. The van der Waals surface area contributed by atoms with E-state index in [2.05, 4.69) is 26.1 Å². The Hall–Kier alpha value is -0.0800. The van der Waals surface area contributed by atoms with E-state index >= 15 is 0 Å². The van der Waals surface area contributed by atoms with Crippen molar-refractivity contribution in [1.82, 2.24) is 5.32 Å². The van der Waals surface area contributed by atoms with Gasteiger partial charge in [-0.25, -0.2) is 0 Å². The third-order valence-electron chi connectivity index (χ3n) is 1.61. The summed E-state index contributed by atoms with van der Waals surface area (Å²) in [7, 11) is 1.75. The molecular formula is C10H23NO. The summed E-state index contributed by atoms with van der Waals surface area (Å²) < 4.78 is 4.96. The molecule has 0 bridgehead atoms. The number of hydrogen-bond acceptors (Lipinski definition) is 2. The fourth-order valence-corrected chi connectivity index (χ4v) is 0.960. The molecule has 0 aromatic heterocycles. The van der Waals surface area contributed by atoms with Crippen LogP contribution in [-0.2, 0) is 4.74 Å². The van der Waals surface area contributed by atoms with Gasteiger partial charge in [0.05, 0.1) is 0 Å². The van der Waals surface area contributed by atoms with Gasteiger partial charge in [-0.05, 0) is 31.3 Å². The first-order valence-corrected chi connectivity index (χ1v) is 4.76. The lowest BCUT2D eigenvalue weighted by atomic mass is 9.97. The van der Waals surface area contributed by atoms with Crippen molar-refractivity contribution in [1.29, 1.82) is 0 Å². The highest BCUT2D eigenvalue weighted by Gasteiger charge is 2.07. The quantitative estimate of drug-likeness (QED) is 0.621. The predicted octanol–water partition coefficient (Wildman–Crippen LogP) is 2.05. The van der Waals surface area contributed by atoms with Gasteiger partial charge in [0.2, 0.25) is 0 Å². The number of hydrogen-bond donors (Lipinski definition) is 1. The molecule has 0 heterocycles. The van der Waals surface area contributed by atoms with E-state index in [0.717, 1.165) is 26.1 Å². The summed E-state index contributed by atoms with van der Waals surface area (Å²) >= 11 is 0. The van der Waals surface area contributed by atoms with E-state index in [-0.39, 0.29) is 0 Å². The van der Waals surface area contributed by atoms with Gasteiger partial charge >= 0.3 is 0 Å². The molecule has 1 N–H and O–H groups in total. The lowest BCUT2D eigenvalue weighted by Gasteiger charge is -2.18. The Balaban J connectivity index is 3.01. The standard InChI is InChI=1S/C10H23NO/c1-10(2,3)9-11-7-5-6-8-12-4/h11H,5-9H2,1-4H3. The molecule has 12 heavy (non-hydrogen) atoms. The highest BCUT2D eigenvalue weighted by molar-refractivity contribution is 4.64. The van der Waals surface area contributed by atoms with Crippen molar-refractivity contribution in [3.05, 3.63) is 0 Å². The Morgan fingerprint density at radius 1 is 1.17 bits per heavy atom. The largest absolute Gasteiger partial charge is 0.385 e. The van der Waals surface area contributed by atoms with Gasteiger partial charge in [0, 0.05) is 13.7 Å². The van der Waals surface area contributed by atoms with Gasteiger partial charge in [-0.15, -0.1) is 0 Å². The second kappa shape index (κ2) is 6.44. The van der Waals surface area contributed by atoms with E-state index in [0.29, 0.717) is 5.41 Å². The van der Waals surface area contributed by atoms with Gasteiger partial charge in [0.1, 0.15) is 0 Å². The maximum atomic E-state index is 4.96. The number of methoxy groups -OCH3 is 1. The van der Waals surface area contributed by atoms with Crippen LogP contribution in [0, 0.1) is 5.41 Å². The molecule has 0 aromatic rings. The smallest absolute Gasteiger partial charge is 0.0462 e. The highest BCUT2D eigenvalue weighted by atomic mass is 16.5. The average molecular weight is 173 g/mol. The first-order valence-electron chi connectivity index (χ1n) is 4.76. The second-order valence-corrected chi connectivity index (χ2v) is 4.44. The van der Waals surface area contributed by atoms with Crippen LogP contribution in [0.5, 0.6) is 0 Å². The lowest BCUT2D eigenvalue weighted by molar-refractivity contribution is 0.192. The van der Waals surface area contributed by atoms with Crippen molar-refractivity contribution in [2.45, 2.75) is 33.6 Å². The minimum Gasteiger partial charge on any atom is -0.385 e. The van der Waals surface area contributed by atoms with Crippen molar-refractivity contribution >= 4 is 0 Å². The molecule has 0 radical (unpaired) electrons. The zero-order chi connectivity index (χ0) is 9.45. The third kappa shape index (κ3) is 9.92. The molecule has 0 fully saturated rings. The Labute approximate surface area is 76.7 Å². The van der Waals surface area contributed by atoms with Crippen LogP contribution in [0.15, 0.2) is 0 Å². The fourth-order valence-electron chi connectivity index (χ4n) is 0.960. The van der Waals surface area contributed by atoms with Crippen LogP contribution < -0.4 is 5.32 Å². The minimum absolute atomic E-state index is 0.404. The van der Waals surface area contributed by atoms with Crippen molar-refractivity contribution in [3.8, 4) is 0 Å². The van der Waals surface area contributed by atoms with E-state index in [1.54, 1.807) is 7.11 Å². The summed E-state index contributed by atoms with van der Waals surface area (Å²) in [6, 6.07) is 0. The Bertz CT molecular complexity index is 96.5. The molecule has 0 spiro atoms. The van der Waals surface area contributed by atoms with Crippen LogP contribution in [0.3, 0.4) is 0 Å². The molecule has 0 aliphatic heterocycles. The summed E-state index contributed by atoms with van der Waals surface area (Å²) in [5, 5.41) is 3.43. The van der Waals surface area contributed by atoms with Gasteiger partial charge in [-0.3, -0.25) is 0 Å². The molecule has 0 aliphatic rings. The van der Waals surface area contributed by atoms with Gasteiger partial charge in [0.25, 0.3) is 0 Å². The topological polar surface area (TPSA) is 21.3 Å². The molecular weight excluding hydrogens is 150 g/mol. The summed E-state index contributed by atoms with van der Waals surface area (Å²) in [5.74, 6) is 0. The number of rotatable bonds is 6. The number of unbranched alkanes of at least 4 members (excludes halogenated alkanes) is 1. The Kier molecular flexibility index (Phi) is 6.39. The second-order valence-electron chi connectivity index (χ2n) is 4.44. The maximum absolute atomic E-state index is 4.96. The summed E-state index contributed by atoms with van der Waals surface area (Å²) in [5.41, 5.74) is 0.404. The minimum atomic E-state index is 0.404. The average Bonchev–Trinajstić information content (AvgIpc) is 1.94. The lowest BCUT2D eigenvalue weighted by Crippen LogP contribution is -2.27. The predicted molar refractivity (Wildman–Crippen MR) is 53.4 cm³/mol. The molecule has 2 heteroatoms. The molecule has 0 amide bonds. The summed E-state index contributed by atoms with van der Waals surface area (Å²) in [6.45, 7) is 9.83. The molecule has 0 aromatic carbocycles. The highest BCUT2D eigenvalue weighted by Crippen LogP contribution is 2.09. The molecule has 0 saturated carbocycles. The van der Waals surface area contributed by atoms with Gasteiger partial charge in [-0.1, -0.05) is 20.8 Å². The van der Waals surface area contributed by atoms with Crippen LogP contribution in [0.2, 0.25) is 0 Å². The SMILES string of the molecule is COCCCCNCC(C)(C)C. The fraction of sp³-hybridized carbons (Fsp3) is 1.00. The zero-order valence-electron chi connectivity index (χ0n) is 8.94. The molecule has 0 aliphatic carbocycles. The number of ether oxygens (including phenoxy) is 1. The van der Waals surface area contributed by atoms with E-state index in [1.807, 2.05) is 0 Å². The van der Waals surface area contributed by atoms with E-state index in [4.69, 9.17) is 4.74 Å². The number of nitrogens with one attached hydrogen (secondary N) is 1. The van der Waals surface area contributed by atoms with Crippen LogP contribution in [-0.4, -0.2) is 26.8 Å². The zero-order valence-corrected chi connectivity index (χ0v) is 8.94. The van der Waals surface area contributed by atoms with Crippen LogP contribution in [0.1, 0.15) is 33.6 Å². The van der Waals surface area contributed by atoms with Crippen LogP contribution >= 0.6 is 0 Å². The van der Waals surface area contributed by atoms with Gasteiger partial charge in [0.15, 0.2) is 0 Å². The molecule has 0 saturated heterocycles. The monoisotopic (exact) mass is 173 g/mol. The summed E-state index contributed by atoms with van der Waals surface area (Å²) in [6.07, 6.45) is 2.37. The van der Waals surface area contributed by atoms with Crippen molar-refractivity contribution < 1.29 is 4.74 Å². The van der Waals surface area contributed by atoms with Crippen molar-refractivity contribution in [2.24, 2.45) is 5.41 Å². The van der Waals surface area contributed by atoms with E-state index < -0.39 is 0 Å². The summed E-state index contributed by atoms with van der Waals surface area (Å²) in [4.78, 5) is 0. The molecule has 0 rings (SSSR count). The molecule has 2 nitrogen and oxygen atoms in total. The molecule has 74 valence electrons. The van der Waals surface area contributed by atoms with E-state index in [1.165, 1.54) is 6.42 Å². The van der Waals surface area contributed by atoms with Crippen LogP contribution in [0.4, 0.5) is 0 Å². The first-order chi connectivity index (χ1) is 5.56. The Morgan fingerprint density at radius 2 is 1.83 bits per heavy atom. The molecule has 0 atom stereocenters. The van der Waals surface area contributed by atoms with E-state index in [9.17, 15) is 0 Å². The van der Waals surface area contributed by atoms with Gasteiger partial charge < -0.3 is 10.1 Å². The van der Waals surface area contributed by atoms with Gasteiger partial charge in [-0.2, -0.15) is 0 Å². The normalized spacial score (nSPS) is 12.0. The molecule has 0 unspecified atom stereocenters.